The number of pyridine rings is 1. The van der Waals surface area contributed by atoms with Gasteiger partial charge in [-0.25, -0.2) is 0 Å². The fourth-order valence-electron chi connectivity index (χ4n) is 3.09. The zero-order valence-electron chi connectivity index (χ0n) is 13.7. The van der Waals surface area contributed by atoms with E-state index in [-0.39, 0.29) is 0 Å². The molecule has 0 amide bonds. The first-order valence-electron chi connectivity index (χ1n) is 7.97. The summed E-state index contributed by atoms with van der Waals surface area (Å²) in [6.07, 6.45) is 5.46. The predicted octanol–water partition coefficient (Wildman–Crippen LogP) is 3.37. The van der Waals surface area contributed by atoms with E-state index >= 15 is 0 Å². The number of methoxy groups -OCH3 is 1. The third kappa shape index (κ3) is 4.13. The molecule has 21 heavy (non-hydrogen) atoms. The number of nitrogens with zero attached hydrogens (tertiary/aromatic N) is 1. The Morgan fingerprint density at radius 2 is 2.29 bits per heavy atom. The highest BCUT2D eigenvalue weighted by Gasteiger charge is 2.26. The maximum atomic E-state index is 5.54. The molecule has 3 nitrogen and oxygen atoms in total. The molecule has 1 aromatic rings. The van der Waals surface area contributed by atoms with Crippen LogP contribution in [0.5, 0.6) is 5.75 Å². The monoisotopic (exact) mass is 308 g/mol. The molecule has 2 heterocycles. The Kier molecular flexibility index (Phi) is 6.37. The first-order valence-corrected chi connectivity index (χ1v) is 9.13. The minimum absolute atomic E-state index is 0.540. The molecule has 0 aromatic carbocycles. The quantitative estimate of drug-likeness (QED) is 0.837. The van der Waals surface area contributed by atoms with Crippen LogP contribution in [-0.2, 0) is 6.42 Å². The predicted molar refractivity (Wildman–Crippen MR) is 91.5 cm³/mol. The Hall–Kier alpha value is -0.740. The van der Waals surface area contributed by atoms with Gasteiger partial charge >= 0.3 is 0 Å². The number of ether oxygens (including phenoxy) is 1. The number of aryl methyl sites for hydroxylation is 1. The normalized spacial score (nSPS) is 19.7. The molecule has 0 radical (unpaired) electrons. The molecule has 0 bridgehead atoms. The van der Waals surface area contributed by atoms with Gasteiger partial charge in [-0.05, 0) is 50.7 Å². The van der Waals surface area contributed by atoms with Gasteiger partial charge in [-0.2, -0.15) is 11.8 Å². The summed E-state index contributed by atoms with van der Waals surface area (Å²) in [6.45, 7) is 7.51. The van der Waals surface area contributed by atoms with Crippen molar-refractivity contribution in [3.8, 4) is 5.75 Å². The molecule has 1 aliphatic rings. The number of aromatic nitrogens is 1. The van der Waals surface area contributed by atoms with Gasteiger partial charge < -0.3 is 10.1 Å². The van der Waals surface area contributed by atoms with Crippen LogP contribution in [0.4, 0.5) is 0 Å². The van der Waals surface area contributed by atoms with Gasteiger partial charge in [0.2, 0.25) is 0 Å². The van der Waals surface area contributed by atoms with E-state index in [1.54, 1.807) is 7.11 Å². The third-order valence-corrected chi connectivity index (χ3v) is 5.54. The zero-order chi connectivity index (χ0) is 15.2. The lowest BCUT2D eigenvalue weighted by atomic mass is 9.93. The van der Waals surface area contributed by atoms with Gasteiger partial charge in [-0.1, -0.05) is 6.92 Å². The zero-order valence-corrected chi connectivity index (χ0v) is 14.6. The molecular formula is C17H28N2OS. The van der Waals surface area contributed by atoms with Gasteiger partial charge in [0.25, 0.3) is 0 Å². The van der Waals surface area contributed by atoms with Gasteiger partial charge in [0.1, 0.15) is 5.75 Å². The van der Waals surface area contributed by atoms with Crippen LogP contribution in [0.2, 0.25) is 0 Å². The Bertz CT molecular complexity index is 458. The largest absolute Gasteiger partial charge is 0.496 e. The van der Waals surface area contributed by atoms with Crippen LogP contribution in [0.15, 0.2) is 6.20 Å². The fourth-order valence-corrected chi connectivity index (χ4v) is 4.43. The summed E-state index contributed by atoms with van der Waals surface area (Å²) in [7, 11) is 1.75. The first-order chi connectivity index (χ1) is 10.2. The van der Waals surface area contributed by atoms with Crippen molar-refractivity contribution in [3.63, 3.8) is 0 Å². The summed E-state index contributed by atoms with van der Waals surface area (Å²) in [5, 5.41) is 3.75. The average molecular weight is 308 g/mol. The topological polar surface area (TPSA) is 34.2 Å². The van der Waals surface area contributed by atoms with Crippen LogP contribution < -0.4 is 10.1 Å². The molecule has 1 fully saturated rings. The van der Waals surface area contributed by atoms with Crippen LogP contribution in [-0.4, -0.2) is 36.2 Å². The molecule has 1 aliphatic heterocycles. The molecule has 1 saturated heterocycles. The molecule has 1 N–H and O–H groups in total. The summed E-state index contributed by atoms with van der Waals surface area (Å²) < 4.78 is 5.54. The van der Waals surface area contributed by atoms with E-state index in [0.717, 1.165) is 30.2 Å². The van der Waals surface area contributed by atoms with Crippen molar-refractivity contribution in [1.29, 1.82) is 0 Å². The van der Waals surface area contributed by atoms with Crippen molar-refractivity contribution in [3.05, 3.63) is 23.0 Å². The standard InChI is InChI=1S/C17H28N2OS/c1-5-7-18-16(14-6-8-21-11-14)9-15-13(3)17(20-4)12(2)10-19-15/h10,14,16,18H,5-9,11H2,1-4H3. The summed E-state index contributed by atoms with van der Waals surface area (Å²) in [5.74, 6) is 4.35. The summed E-state index contributed by atoms with van der Waals surface area (Å²) in [5.41, 5.74) is 3.50. The lowest BCUT2D eigenvalue weighted by molar-refractivity contribution is 0.374. The van der Waals surface area contributed by atoms with Gasteiger partial charge in [0.15, 0.2) is 0 Å². The highest BCUT2D eigenvalue weighted by atomic mass is 32.2. The molecule has 2 atom stereocenters. The van der Waals surface area contributed by atoms with Crippen molar-refractivity contribution in [1.82, 2.24) is 10.3 Å². The van der Waals surface area contributed by atoms with Crippen LogP contribution >= 0.6 is 11.8 Å². The Labute approximate surface area is 133 Å². The molecule has 0 saturated carbocycles. The highest BCUT2D eigenvalue weighted by molar-refractivity contribution is 7.99. The number of hydrogen-bond acceptors (Lipinski definition) is 4. The second-order valence-electron chi connectivity index (χ2n) is 5.93. The van der Waals surface area contributed by atoms with E-state index in [4.69, 9.17) is 4.74 Å². The first kappa shape index (κ1) is 16.6. The Morgan fingerprint density at radius 1 is 1.48 bits per heavy atom. The van der Waals surface area contributed by atoms with Crippen molar-refractivity contribution in [2.75, 3.05) is 25.2 Å². The Morgan fingerprint density at radius 3 is 2.90 bits per heavy atom. The van der Waals surface area contributed by atoms with E-state index in [2.05, 4.69) is 42.8 Å². The van der Waals surface area contributed by atoms with Gasteiger partial charge in [-0.15, -0.1) is 0 Å². The number of rotatable bonds is 7. The Balaban J connectivity index is 2.15. The second-order valence-corrected chi connectivity index (χ2v) is 7.08. The average Bonchev–Trinajstić information content (AvgIpc) is 3.00. The molecule has 1 aromatic heterocycles. The minimum atomic E-state index is 0.540. The van der Waals surface area contributed by atoms with Gasteiger partial charge in [0, 0.05) is 35.5 Å². The number of hydrogen-bond donors (Lipinski definition) is 1. The smallest absolute Gasteiger partial charge is 0.128 e. The highest BCUT2D eigenvalue weighted by Crippen LogP contribution is 2.30. The summed E-state index contributed by atoms with van der Waals surface area (Å²) >= 11 is 2.08. The molecule has 2 unspecified atom stereocenters. The van der Waals surface area contributed by atoms with Gasteiger partial charge in [0.05, 0.1) is 7.11 Å². The van der Waals surface area contributed by atoms with Crippen LogP contribution in [0.1, 0.15) is 36.6 Å². The van der Waals surface area contributed by atoms with E-state index in [1.165, 1.54) is 35.6 Å². The van der Waals surface area contributed by atoms with Gasteiger partial charge in [-0.3, -0.25) is 4.98 Å². The van der Waals surface area contributed by atoms with E-state index in [0.29, 0.717) is 6.04 Å². The molecule has 4 heteroatoms. The molecule has 118 valence electrons. The molecule has 0 spiro atoms. The van der Waals surface area contributed by atoms with Crippen LogP contribution in [0.3, 0.4) is 0 Å². The van der Waals surface area contributed by atoms with Crippen LogP contribution in [0, 0.1) is 19.8 Å². The fraction of sp³-hybridized carbons (Fsp3) is 0.706. The molecule has 0 aliphatic carbocycles. The second kappa shape index (κ2) is 8.04. The lowest BCUT2D eigenvalue weighted by Gasteiger charge is -2.25. The SMILES string of the molecule is CCCNC(Cc1ncc(C)c(OC)c1C)C1CCSC1. The van der Waals surface area contributed by atoms with Crippen molar-refractivity contribution in [2.45, 2.75) is 46.1 Å². The van der Waals surface area contributed by atoms with Crippen molar-refractivity contribution in [2.24, 2.45) is 5.92 Å². The van der Waals surface area contributed by atoms with Crippen LogP contribution in [0.25, 0.3) is 0 Å². The van der Waals surface area contributed by atoms with Crippen molar-refractivity contribution < 1.29 is 4.74 Å². The lowest BCUT2D eigenvalue weighted by Crippen LogP contribution is -2.39. The minimum Gasteiger partial charge on any atom is -0.496 e. The van der Waals surface area contributed by atoms with E-state index in [1.807, 2.05) is 6.20 Å². The van der Waals surface area contributed by atoms with Crippen molar-refractivity contribution >= 4 is 11.8 Å². The number of nitrogens with one attached hydrogen (secondary N) is 1. The van der Waals surface area contributed by atoms with E-state index in [9.17, 15) is 0 Å². The number of thioether (sulfide) groups is 1. The molecule has 2 rings (SSSR count). The molecular weight excluding hydrogens is 280 g/mol. The third-order valence-electron chi connectivity index (χ3n) is 4.35. The maximum Gasteiger partial charge on any atom is 0.128 e. The summed E-state index contributed by atoms with van der Waals surface area (Å²) in [4.78, 5) is 4.68. The summed E-state index contributed by atoms with van der Waals surface area (Å²) in [6, 6.07) is 0.540. The van der Waals surface area contributed by atoms with E-state index < -0.39 is 0 Å². The maximum absolute atomic E-state index is 5.54.